The van der Waals surface area contributed by atoms with Gasteiger partial charge in [-0.15, -0.1) is 11.8 Å². The quantitative estimate of drug-likeness (QED) is 0.871. The molecule has 1 N–H and O–H groups in total. The highest BCUT2D eigenvalue weighted by atomic mass is 32.2. The first-order chi connectivity index (χ1) is 9.52. The number of thioether (sulfide) groups is 1. The van der Waals surface area contributed by atoms with Gasteiger partial charge in [0.2, 0.25) is 0 Å². The van der Waals surface area contributed by atoms with Crippen molar-refractivity contribution in [3.8, 4) is 0 Å². The van der Waals surface area contributed by atoms with E-state index in [1.807, 2.05) is 37.4 Å². The summed E-state index contributed by atoms with van der Waals surface area (Å²) in [6.45, 7) is 2.28. The summed E-state index contributed by atoms with van der Waals surface area (Å²) in [7, 11) is 0. The van der Waals surface area contributed by atoms with E-state index in [9.17, 15) is 9.59 Å². The first kappa shape index (κ1) is 14.9. The maximum atomic E-state index is 12.5. The number of carboxylic acid groups (broad SMARTS) is 1. The van der Waals surface area contributed by atoms with Gasteiger partial charge in [-0.05, 0) is 50.3 Å². The molecule has 2 atom stereocenters. The van der Waals surface area contributed by atoms with Crippen molar-refractivity contribution < 1.29 is 14.7 Å². The van der Waals surface area contributed by atoms with Crippen molar-refractivity contribution in [3.63, 3.8) is 0 Å². The van der Waals surface area contributed by atoms with Crippen molar-refractivity contribution in [2.75, 3.05) is 12.8 Å². The zero-order valence-electron chi connectivity index (χ0n) is 11.7. The van der Waals surface area contributed by atoms with Gasteiger partial charge in [-0.25, -0.2) is 0 Å². The number of nitrogens with zero attached hydrogens (tertiary/aromatic N) is 1. The van der Waals surface area contributed by atoms with E-state index in [2.05, 4.69) is 0 Å². The number of likely N-dealkylation sites (tertiary alicyclic amines) is 1. The lowest BCUT2D eigenvalue weighted by Crippen LogP contribution is -2.47. The van der Waals surface area contributed by atoms with Gasteiger partial charge in [0.15, 0.2) is 0 Å². The summed E-state index contributed by atoms with van der Waals surface area (Å²) < 4.78 is 0. The molecule has 0 aliphatic carbocycles. The number of carboxylic acids is 1. The molecule has 1 saturated heterocycles. The number of benzene rings is 1. The first-order valence-corrected chi connectivity index (χ1v) is 7.93. The zero-order chi connectivity index (χ0) is 14.7. The molecular formula is C15H19NO3S. The minimum Gasteiger partial charge on any atom is -0.481 e. The minimum atomic E-state index is -0.813. The number of hydrogen-bond acceptors (Lipinski definition) is 3. The molecule has 1 fully saturated rings. The predicted molar refractivity (Wildman–Crippen MR) is 79.1 cm³/mol. The molecule has 1 aromatic rings. The molecule has 4 nitrogen and oxygen atoms in total. The Kier molecular flexibility index (Phi) is 4.70. The Morgan fingerprint density at radius 1 is 1.25 bits per heavy atom. The summed E-state index contributed by atoms with van der Waals surface area (Å²) in [5.41, 5.74) is 0.626. The molecule has 1 aliphatic rings. The molecule has 20 heavy (non-hydrogen) atoms. The maximum absolute atomic E-state index is 12.5. The molecule has 1 heterocycles. The van der Waals surface area contributed by atoms with Crippen LogP contribution in [0, 0.1) is 5.92 Å². The van der Waals surface area contributed by atoms with E-state index >= 15 is 0 Å². The zero-order valence-corrected chi connectivity index (χ0v) is 12.5. The summed E-state index contributed by atoms with van der Waals surface area (Å²) in [6, 6.07) is 7.55. The number of carbonyl (C=O) groups is 2. The van der Waals surface area contributed by atoms with Crippen LogP contribution in [0.4, 0.5) is 0 Å². The summed E-state index contributed by atoms with van der Waals surface area (Å²) >= 11 is 1.63. The third-order valence-corrected chi connectivity index (χ3v) is 4.57. The van der Waals surface area contributed by atoms with Crippen molar-refractivity contribution >= 4 is 23.6 Å². The molecule has 1 aliphatic heterocycles. The van der Waals surface area contributed by atoms with Crippen molar-refractivity contribution in [3.05, 3.63) is 29.8 Å². The van der Waals surface area contributed by atoms with Crippen LogP contribution in [0.25, 0.3) is 0 Å². The Morgan fingerprint density at radius 2 is 1.90 bits per heavy atom. The third kappa shape index (κ3) is 3.15. The predicted octanol–water partition coefficient (Wildman–Crippen LogP) is 2.73. The molecule has 1 amide bonds. The second kappa shape index (κ2) is 6.31. The normalized spacial score (nSPS) is 22.6. The third-order valence-electron chi connectivity index (χ3n) is 3.83. The number of aliphatic carboxylic acids is 1. The van der Waals surface area contributed by atoms with Crippen LogP contribution < -0.4 is 0 Å². The lowest BCUT2D eigenvalue weighted by Gasteiger charge is -2.36. The van der Waals surface area contributed by atoms with Gasteiger partial charge in [0, 0.05) is 23.0 Å². The summed E-state index contributed by atoms with van der Waals surface area (Å²) in [4.78, 5) is 26.4. The Morgan fingerprint density at radius 3 is 2.45 bits per heavy atom. The fourth-order valence-electron chi connectivity index (χ4n) is 2.49. The molecule has 0 radical (unpaired) electrons. The number of rotatable bonds is 3. The molecule has 2 rings (SSSR count). The van der Waals surface area contributed by atoms with Gasteiger partial charge in [-0.1, -0.05) is 0 Å². The van der Waals surface area contributed by atoms with Crippen LogP contribution in [0.5, 0.6) is 0 Å². The van der Waals surface area contributed by atoms with Crippen LogP contribution in [0.2, 0.25) is 0 Å². The van der Waals surface area contributed by atoms with Crippen molar-refractivity contribution in [1.29, 1.82) is 0 Å². The van der Waals surface area contributed by atoms with Crippen LogP contribution in [-0.4, -0.2) is 40.7 Å². The molecule has 0 bridgehead atoms. The lowest BCUT2D eigenvalue weighted by atomic mass is 9.93. The van der Waals surface area contributed by atoms with Gasteiger partial charge in [-0.3, -0.25) is 9.59 Å². The maximum Gasteiger partial charge on any atom is 0.308 e. The van der Waals surface area contributed by atoms with Gasteiger partial charge < -0.3 is 10.0 Å². The van der Waals surface area contributed by atoms with Crippen molar-refractivity contribution in [2.45, 2.75) is 30.7 Å². The van der Waals surface area contributed by atoms with Crippen LogP contribution in [0.1, 0.15) is 30.1 Å². The topological polar surface area (TPSA) is 57.6 Å². The van der Waals surface area contributed by atoms with E-state index in [1.54, 1.807) is 16.7 Å². The first-order valence-electron chi connectivity index (χ1n) is 6.70. The fourth-order valence-corrected chi connectivity index (χ4v) is 2.90. The second-order valence-electron chi connectivity index (χ2n) is 5.15. The lowest BCUT2D eigenvalue weighted by molar-refractivity contribution is -0.143. The van der Waals surface area contributed by atoms with E-state index in [-0.39, 0.29) is 11.9 Å². The number of carbonyl (C=O) groups excluding carboxylic acids is 1. The Bertz CT molecular complexity index is 500. The van der Waals surface area contributed by atoms with Crippen molar-refractivity contribution in [2.24, 2.45) is 5.92 Å². The molecule has 108 valence electrons. The standard InChI is InChI=1S/C15H19NO3S/c1-10-3-4-12(15(18)19)9-16(10)14(17)11-5-7-13(20-2)8-6-11/h5-8,10,12H,3-4,9H2,1-2H3,(H,18,19). The molecule has 5 heteroatoms. The average Bonchev–Trinajstić information content (AvgIpc) is 2.47. The Hall–Kier alpha value is -1.49. The molecule has 0 aromatic heterocycles. The molecule has 0 spiro atoms. The van der Waals surface area contributed by atoms with E-state index in [0.717, 1.165) is 11.3 Å². The molecule has 0 saturated carbocycles. The smallest absolute Gasteiger partial charge is 0.308 e. The second-order valence-corrected chi connectivity index (χ2v) is 6.03. The SMILES string of the molecule is CSc1ccc(C(=O)N2CC(C(=O)O)CCC2C)cc1. The van der Waals surface area contributed by atoms with Gasteiger partial charge >= 0.3 is 5.97 Å². The number of hydrogen-bond donors (Lipinski definition) is 1. The van der Waals surface area contributed by atoms with Crippen LogP contribution in [-0.2, 0) is 4.79 Å². The minimum absolute atomic E-state index is 0.0731. The molecular weight excluding hydrogens is 274 g/mol. The largest absolute Gasteiger partial charge is 0.481 e. The highest BCUT2D eigenvalue weighted by Crippen LogP contribution is 2.24. The van der Waals surface area contributed by atoms with E-state index in [4.69, 9.17) is 5.11 Å². The Balaban J connectivity index is 2.15. The van der Waals surface area contributed by atoms with E-state index in [0.29, 0.717) is 18.5 Å². The van der Waals surface area contributed by atoms with Gasteiger partial charge in [0.05, 0.1) is 5.92 Å². The van der Waals surface area contributed by atoms with Crippen LogP contribution >= 0.6 is 11.8 Å². The number of piperidine rings is 1. The monoisotopic (exact) mass is 293 g/mol. The average molecular weight is 293 g/mol. The molecule has 2 unspecified atom stereocenters. The van der Waals surface area contributed by atoms with E-state index in [1.165, 1.54) is 0 Å². The van der Waals surface area contributed by atoms with Gasteiger partial charge in [0.25, 0.3) is 5.91 Å². The highest BCUT2D eigenvalue weighted by Gasteiger charge is 2.32. The van der Waals surface area contributed by atoms with Crippen molar-refractivity contribution in [1.82, 2.24) is 4.90 Å². The van der Waals surface area contributed by atoms with Gasteiger partial charge in [-0.2, -0.15) is 0 Å². The Labute approximate surface area is 123 Å². The summed E-state index contributed by atoms with van der Waals surface area (Å²) in [5.74, 6) is -1.33. The van der Waals surface area contributed by atoms with Crippen LogP contribution in [0.15, 0.2) is 29.2 Å². The number of amides is 1. The molecule has 1 aromatic carbocycles. The van der Waals surface area contributed by atoms with Gasteiger partial charge in [0.1, 0.15) is 0 Å². The summed E-state index contributed by atoms with van der Waals surface area (Å²) in [5, 5.41) is 9.12. The summed E-state index contributed by atoms with van der Waals surface area (Å²) in [6.07, 6.45) is 3.37. The van der Waals surface area contributed by atoms with Crippen LogP contribution in [0.3, 0.4) is 0 Å². The van der Waals surface area contributed by atoms with E-state index < -0.39 is 11.9 Å². The highest BCUT2D eigenvalue weighted by molar-refractivity contribution is 7.98. The fraction of sp³-hybridized carbons (Fsp3) is 0.467.